The third-order valence-electron chi connectivity index (χ3n) is 5.65. The van der Waals surface area contributed by atoms with Crippen LogP contribution in [0, 0.1) is 0 Å². The summed E-state index contributed by atoms with van der Waals surface area (Å²) in [5, 5.41) is 0. The molecule has 0 bridgehead atoms. The Morgan fingerprint density at radius 2 is 1.82 bits per heavy atom. The molecule has 1 fully saturated rings. The van der Waals surface area contributed by atoms with Gasteiger partial charge in [-0.15, -0.1) is 0 Å². The molecule has 0 unspecified atom stereocenters. The first-order chi connectivity index (χ1) is 13.7. The fraction of sp³-hybridized carbons (Fsp3) is 0.455. The highest BCUT2D eigenvalue weighted by Gasteiger charge is 2.25. The minimum atomic E-state index is 0.222. The van der Waals surface area contributed by atoms with E-state index in [9.17, 15) is 4.79 Å². The predicted molar refractivity (Wildman–Crippen MR) is 110 cm³/mol. The number of carbonyl (C=O) groups excluding carboxylic acids is 1. The van der Waals surface area contributed by atoms with Crippen LogP contribution in [0.2, 0.25) is 0 Å². The highest BCUT2D eigenvalue weighted by Crippen LogP contribution is 2.26. The summed E-state index contributed by atoms with van der Waals surface area (Å²) in [5.74, 6) is 0.867. The van der Waals surface area contributed by atoms with Gasteiger partial charge in [-0.3, -0.25) is 14.6 Å². The molecule has 1 saturated heterocycles. The van der Waals surface area contributed by atoms with Crippen molar-refractivity contribution in [3.63, 3.8) is 0 Å². The molecule has 2 aliphatic heterocycles. The number of anilines is 1. The molecule has 0 spiro atoms. The number of nitrogens with zero attached hydrogens (tertiary/aromatic N) is 4. The molecular formula is C22H28N4O2. The smallest absolute Gasteiger partial charge is 0.241 e. The molecule has 0 N–H and O–H groups in total. The van der Waals surface area contributed by atoms with Crippen molar-refractivity contribution < 1.29 is 9.53 Å². The number of amides is 1. The summed E-state index contributed by atoms with van der Waals surface area (Å²) in [6, 6.07) is 12.3. The lowest BCUT2D eigenvalue weighted by atomic mass is 10.0. The van der Waals surface area contributed by atoms with Crippen molar-refractivity contribution in [2.75, 3.05) is 51.3 Å². The number of aryl methyl sites for hydroxylation is 1. The van der Waals surface area contributed by atoms with E-state index in [-0.39, 0.29) is 5.91 Å². The third kappa shape index (κ3) is 4.34. The van der Waals surface area contributed by atoms with E-state index in [1.54, 1.807) is 7.11 Å². The van der Waals surface area contributed by atoms with Crippen molar-refractivity contribution in [1.29, 1.82) is 0 Å². The lowest BCUT2D eigenvalue weighted by Crippen LogP contribution is -2.50. The molecule has 1 aromatic carbocycles. The molecule has 28 heavy (non-hydrogen) atoms. The number of rotatable bonds is 5. The van der Waals surface area contributed by atoms with Gasteiger partial charge in [0.15, 0.2) is 0 Å². The van der Waals surface area contributed by atoms with Gasteiger partial charge in [0.25, 0.3) is 0 Å². The number of methoxy groups -OCH3 is 1. The summed E-state index contributed by atoms with van der Waals surface area (Å²) >= 11 is 0. The van der Waals surface area contributed by atoms with Gasteiger partial charge in [0.2, 0.25) is 11.8 Å². The zero-order valence-electron chi connectivity index (χ0n) is 16.5. The van der Waals surface area contributed by atoms with Crippen LogP contribution in [0.1, 0.15) is 17.5 Å². The van der Waals surface area contributed by atoms with Gasteiger partial charge in [0, 0.05) is 57.2 Å². The van der Waals surface area contributed by atoms with Crippen LogP contribution < -0.4 is 9.64 Å². The quantitative estimate of drug-likeness (QED) is 0.796. The number of piperazine rings is 1. The standard InChI is InChI=1S/C22H28N4O2/c1-28-21-9-8-18(15-23-21)16-24-11-13-25(14-12-24)17-22(27)26-10-4-6-19-5-2-3-7-20(19)26/h2-3,5,7-9,15H,4,6,10-14,16-17H2,1H3. The molecule has 0 aliphatic carbocycles. The zero-order chi connectivity index (χ0) is 19.3. The first kappa shape index (κ1) is 18.9. The Balaban J connectivity index is 1.28. The van der Waals surface area contributed by atoms with Crippen molar-refractivity contribution >= 4 is 11.6 Å². The molecule has 148 valence electrons. The normalized spacial score (nSPS) is 18.0. The largest absolute Gasteiger partial charge is 0.481 e. The van der Waals surface area contributed by atoms with Crippen LogP contribution in [-0.2, 0) is 17.8 Å². The van der Waals surface area contributed by atoms with Crippen LogP contribution in [0.25, 0.3) is 0 Å². The Bertz CT molecular complexity index is 800. The van der Waals surface area contributed by atoms with E-state index in [2.05, 4.69) is 39.0 Å². The number of para-hydroxylation sites is 1. The van der Waals surface area contributed by atoms with E-state index in [0.717, 1.165) is 57.8 Å². The lowest BCUT2D eigenvalue weighted by Gasteiger charge is -2.36. The molecule has 2 aliphatic rings. The molecule has 1 aromatic heterocycles. The monoisotopic (exact) mass is 380 g/mol. The highest BCUT2D eigenvalue weighted by atomic mass is 16.5. The predicted octanol–water partition coefficient (Wildman–Crippen LogP) is 2.19. The number of aromatic nitrogens is 1. The van der Waals surface area contributed by atoms with E-state index in [4.69, 9.17) is 4.74 Å². The maximum atomic E-state index is 12.9. The van der Waals surface area contributed by atoms with E-state index in [1.165, 1.54) is 11.1 Å². The fourth-order valence-electron chi connectivity index (χ4n) is 4.06. The van der Waals surface area contributed by atoms with Crippen molar-refractivity contribution in [2.24, 2.45) is 0 Å². The number of ether oxygens (including phenoxy) is 1. The molecule has 1 amide bonds. The lowest BCUT2D eigenvalue weighted by molar-refractivity contribution is -0.120. The van der Waals surface area contributed by atoms with E-state index in [0.29, 0.717) is 12.4 Å². The Morgan fingerprint density at radius 1 is 1.04 bits per heavy atom. The minimum Gasteiger partial charge on any atom is -0.481 e. The summed E-state index contributed by atoms with van der Waals surface area (Å²) < 4.78 is 5.11. The number of carbonyl (C=O) groups is 1. The SMILES string of the molecule is COc1ccc(CN2CCN(CC(=O)N3CCCc4ccccc43)CC2)cn1. The van der Waals surface area contributed by atoms with Gasteiger partial charge in [-0.25, -0.2) is 4.98 Å². The van der Waals surface area contributed by atoms with Gasteiger partial charge in [-0.1, -0.05) is 24.3 Å². The van der Waals surface area contributed by atoms with Crippen molar-refractivity contribution in [3.8, 4) is 5.88 Å². The van der Waals surface area contributed by atoms with E-state index < -0.39 is 0 Å². The number of hydrogen-bond donors (Lipinski definition) is 0. The van der Waals surface area contributed by atoms with E-state index in [1.807, 2.05) is 23.2 Å². The number of fused-ring (bicyclic) bond motifs is 1. The van der Waals surface area contributed by atoms with Crippen molar-refractivity contribution in [1.82, 2.24) is 14.8 Å². The zero-order valence-corrected chi connectivity index (χ0v) is 16.5. The Morgan fingerprint density at radius 3 is 2.57 bits per heavy atom. The van der Waals surface area contributed by atoms with Crippen LogP contribution in [0.15, 0.2) is 42.6 Å². The first-order valence-corrected chi connectivity index (χ1v) is 10.0. The average molecular weight is 380 g/mol. The Hall–Kier alpha value is -2.44. The van der Waals surface area contributed by atoms with Gasteiger partial charge < -0.3 is 9.64 Å². The van der Waals surface area contributed by atoms with Crippen LogP contribution >= 0.6 is 0 Å². The van der Waals surface area contributed by atoms with Crippen LogP contribution in [-0.4, -0.2) is 67.1 Å². The van der Waals surface area contributed by atoms with Gasteiger partial charge in [-0.2, -0.15) is 0 Å². The molecule has 0 radical (unpaired) electrons. The molecule has 6 heteroatoms. The second-order valence-electron chi connectivity index (χ2n) is 7.54. The molecule has 4 rings (SSSR count). The topological polar surface area (TPSA) is 48.9 Å². The van der Waals surface area contributed by atoms with Crippen LogP contribution in [0.5, 0.6) is 5.88 Å². The molecule has 6 nitrogen and oxygen atoms in total. The summed E-state index contributed by atoms with van der Waals surface area (Å²) in [4.78, 5) is 23.9. The van der Waals surface area contributed by atoms with Crippen molar-refractivity contribution in [3.05, 3.63) is 53.7 Å². The summed E-state index contributed by atoms with van der Waals surface area (Å²) in [6.07, 6.45) is 3.99. The molecule has 3 heterocycles. The average Bonchev–Trinajstić information content (AvgIpc) is 2.75. The first-order valence-electron chi connectivity index (χ1n) is 10.0. The molecule has 0 saturated carbocycles. The van der Waals surface area contributed by atoms with Gasteiger partial charge in [0.05, 0.1) is 13.7 Å². The van der Waals surface area contributed by atoms with Crippen molar-refractivity contribution in [2.45, 2.75) is 19.4 Å². The number of hydrogen-bond acceptors (Lipinski definition) is 5. The van der Waals surface area contributed by atoms with Crippen LogP contribution in [0.3, 0.4) is 0 Å². The Kier molecular flexibility index (Phi) is 5.88. The molecular weight excluding hydrogens is 352 g/mol. The van der Waals surface area contributed by atoms with Gasteiger partial charge in [0.1, 0.15) is 0 Å². The maximum absolute atomic E-state index is 12.9. The maximum Gasteiger partial charge on any atom is 0.241 e. The second kappa shape index (κ2) is 8.71. The summed E-state index contributed by atoms with van der Waals surface area (Å²) in [5.41, 5.74) is 3.58. The van der Waals surface area contributed by atoms with Crippen LogP contribution in [0.4, 0.5) is 5.69 Å². The summed E-state index contributed by atoms with van der Waals surface area (Å²) in [7, 11) is 1.63. The number of pyridine rings is 1. The second-order valence-corrected chi connectivity index (χ2v) is 7.54. The van der Waals surface area contributed by atoms with Gasteiger partial charge in [-0.05, 0) is 30.0 Å². The Labute approximate surface area is 166 Å². The van der Waals surface area contributed by atoms with E-state index >= 15 is 0 Å². The molecule has 0 atom stereocenters. The molecule has 2 aromatic rings. The minimum absolute atomic E-state index is 0.222. The summed E-state index contributed by atoms with van der Waals surface area (Å²) in [6.45, 7) is 6.01. The fourth-order valence-corrected chi connectivity index (χ4v) is 4.06. The highest BCUT2D eigenvalue weighted by molar-refractivity contribution is 5.95. The third-order valence-corrected chi connectivity index (χ3v) is 5.65. The van der Waals surface area contributed by atoms with Gasteiger partial charge >= 0.3 is 0 Å². The number of benzene rings is 1.